The molecule has 1 saturated heterocycles. The Kier molecular flexibility index (Phi) is 5.86. The second kappa shape index (κ2) is 8.36. The van der Waals surface area contributed by atoms with E-state index in [1.54, 1.807) is 4.90 Å². The highest BCUT2D eigenvalue weighted by molar-refractivity contribution is 5.71. The fourth-order valence-electron chi connectivity index (χ4n) is 3.07. The highest BCUT2D eigenvalue weighted by atomic mass is 19.4. The number of anilines is 1. The molecule has 156 valence electrons. The van der Waals surface area contributed by atoms with Crippen LogP contribution < -0.4 is 4.90 Å². The summed E-state index contributed by atoms with van der Waals surface area (Å²) in [5.74, 6) is 3.73. The van der Waals surface area contributed by atoms with E-state index in [0.29, 0.717) is 12.8 Å². The van der Waals surface area contributed by atoms with E-state index < -0.39 is 34.2 Å². The lowest BCUT2D eigenvalue weighted by Crippen LogP contribution is -2.37. The van der Waals surface area contributed by atoms with Crippen LogP contribution in [0.2, 0.25) is 0 Å². The number of carbonyl (C=O) groups is 1. The third-order valence-corrected chi connectivity index (χ3v) is 4.67. The lowest BCUT2D eigenvalue weighted by Gasteiger charge is -2.30. The number of halogens is 3. The van der Waals surface area contributed by atoms with Crippen molar-refractivity contribution in [2.75, 3.05) is 18.0 Å². The van der Waals surface area contributed by atoms with Crippen LogP contribution in [0.15, 0.2) is 30.6 Å². The summed E-state index contributed by atoms with van der Waals surface area (Å²) in [7, 11) is 0. The van der Waals surface area contributed by atoms with Gasteiger partial charge in [-0.15, -0.1) is 0 Å². The van der Waals surface area contributed by atoms with Gasteiger partial charge in [0, 0.05) is 18.7 Å². The topological polar surface area (TPSA) is 109 Å². The maximum absolute atomic E-state index is 12.6. The molecule has 0 spiro atoms. The molecule has 1 aliphatic heterocycles. The molecular weight excluding hydrogens is 405 g/mol. The van der Waals surface area contributed by atoms with Gasteiger partial charge in [-0.3, -0.25) is 14.9 Å². The van der Waals surface area contributed by atoms with Gasteiger partial charge in [0.2, 0.25) is 5.82 Å². The molecule has 0 amide bonds. The number of aromatic nitrogens is 2. The third-order valence-electron chi connectivity index (χ3n) is 4.67. The van der Waals surface area contributed by atoms with Crippen molar-refractivity contribution in [1.82, 2.24) is 9.97 Å². The monoisotopic (exact) mass is 420 g/mol. The second-order valence-electron chi connectivity index (χ2n) is 6.58. The van der Waals surface area contributed by atoms with Gasteiger partial charge in [0.1, 0.15) is 6.33 Å². The smallest absolute Gasteiger partial charge is 0.416 e. The maximum Gasteiger partial charge on any atom is 0.416 e. The van der Waals surface area contributed by atoms with Crippen molar-refractivity contribution >= 4 is 17.5 Å². The maximum atomic E-state index is 12.6. The van der Waals surface area contributed by atoms with Crippen LogP contribution in [-0.4, -0.2) is 39.1 Å². The van der Waals surface area contributed by atoms with Crippen molar-refractivity contribution < 1.29 is 28.0 Å². The molecule has 1 fully saturated rings. The number of piperidine rings is 1. The number of nitrogens with zero attached hydrogens (tertiary/aromatic N) is 4. The van der Waals surface area contributed by atoms with E-state index in [0.717, 1.165) is 18.5 Å². The minimum absolute atomic E-state index is 0.0376. The van der Waals surface area contributed by atoms with Gasteiger partial charge in [-0.05, 0) is 43.0 Å². The van der Waals surface area contributed by atoms with E-state index in [9.17, 15) is 28.1 Å². The standard InChI is InChI=1S/C19H15F3N4O4/c20-19(21,22)14-4-1-12(2-5-14)3-6-15-16(26(29)30)17(24-11-23-15)25-9-7-13(8-10-25)18(27)28/h1-2,4-5,11,13H,7-10H2,(H,27,28). The first-order valence-electron chi connectivity index (χ1n) is 8.83. The fourth-order valence-corrected chi connectivity index (χ4v) is 3.07. The van der Waals surface area contributed by atoms with Gasteiger partial charge in [-0.1, -0.05) is 5.92 Å². The Bertz CT molecular complexity index is 1020. The summed E-state index contributed by atoms with van der Waals surface area (Å²) in [6.45, 7) is 0.557. The quantitative estimate of drug-likeness (QED) is 0.462. The van der Waals surface area contributed by atoms with Crippen LogP contribution in [0.4, 0.5) is 24.7 Å². The number of carboxylic acid groups (broad SMARTS) is 1. The molecule has 30 heavy (non-hydrogen) atoms. The van der Waals surface area contributed by atoms with Crippen molar-refractivity contribution in [2.24, 2.45) is 5.92 Å². The summed E-state index contributed by atoms with van der Waals surface area (Å²) in [4.78, 5) is 31.5. The molecule has 0 atom stereocenters. The van der Waals surface area contributed by atoms with Gasteiger partial charge >= 0.3 is 17.8 Å². The van der Waals surface area contributed by atoms with Gasteiger partial charge < -0.3 is 10.0 Å². The van der Waals surface area contributed by atoms with Gasteiger partial charge in [0.15, 0.2) is 5.69 Å². The van der Waals surface area contributed by atoms with Crippen molar-refractivity contribution in [3.05, 3.63) is 57.5 Å². The van der Waals surface area contributed by atoms with Crippen molar-refractivity contribution in [2.45, 2.75) is 19.0 Å². The minimum atomic E-state index is -4.47. The summed E-state index contributed by atoms with van der Waals surface area (Å²) in [5.41, 5.74) is -1.19. The summed E-state index contributed by atoms with van der Waals surface area (Å²) >= 11 is 0. The van der Waals surface area contributed by atoms with E-state index in [1.165, 1.54) is 12.1 Å². The zero-order valence-corrected chi connectivity index (χ0v) is 15.4. The van der Waals surface area contributed by atoms with Crippen LogP contribution >= 0.6 is 0 Å². The number of benzene rings is 1. The SMILES string of the molecule is O=C(O)C1CCN(c2ncnc(C#Cc3ccc(C(F)(F)F)cc3)c2[N+](=O)[O-])CC1. The zero-order valence-electron chi connectivity index (χ0n) is 15.4. The normalized spacial score (nSPS) is 14.7. The molecule has 1 aliphatic rings. The Morgan fingerprint density at radius 3 is 2.33 bits per heavy atom. The molecule has 2 heterocycles. The largest absolute Gasteiger partial charge is 0.481 e. The Labute approximate surface area is 168 Å². The third kappa shape index (κ3) is 4.65. The van der Waals surface area contributed by atoms with E-state index in [-0.39, 0.29) is 30.2 Å². The second-order valence-corrected chi connectivity index (χ2v) is 6.58. The average Bonchev–Trinajstić information content (AvgIpc) is 2.71. The fraction of sp³-hybridized carbons (Fsp3) is 0.316. The first-order valence-corrected chi connectivity index (χ1v) is 8.83. The number of rotatable bonds is 3. The minimum Gasteiger partial charge on any atom is -0.481 e. The van der Waals surface area contributed by atoms with Crippen LogP contribution in [0.25, 0.3) is 0 Å². The highest BCUT2D eigenvalue weighted by Gasteiger charge is 2.31. The molecule has 11 heteroatoms. The molecule has 3 rings (SSSR count). The number of alkyl halides is 3. The molecule has 1 aromatic carbocycles. The number of nitro groups is 1. The van der Waals surface area contributed by atoms with Crippen molar-refractivity contribution in [1.29, 1.82) is 0 Å². The molecule has 0 radical (unpaired) electrons. The Morgan fingerprint density at radius 1 is 1.17 bits per heavy atom. The first-order chi connectivity index (χ1) is 14.2. The molecule has 0 bridgehead atoms. The van der Waals surface area contributed by atoms with Crippen molar-refractivity contribution in [3.8, 4) is 11.8 Å². The van der Waals surface area contributed by atoms with Crippen LogP contribution in [0.3, 0.4) is 0 Å². The summed E-state index contributed by atoms with van der Waals surface area (Å²) in [6.07, 6.45) is -2.71. The molecular formula is C19H15F3N4O4. The first kappa shape index (κ1) is 21.0. The van der Waals surface area contributed by atoms with Crippen LogP contribution in [0.5, 0.6) is 0 Å². The van der Waals surface area contributed by atoms with Gasteiger partial charge in [0.25, 0.3) is 0 Å². The molecule has 2 aromatic rings. The molecule has 8 nitrogen and oxygen atoms in total. The van der Waals surface area contributed by atoms with E-state index in [4.69, 9.17) is 5.11 Å². The van der Waals surface area contributed by atoms with Gasteiger partial charge in [-0.2, -0.15) is 13.2 Å². The number of hydrogen-bond donors (Lipinski definition) is 1. The van der Waals surface area contributed by atoms with Gasteiger partial charge in [-0.25, -0.2) is 9.97 Å². The molecule has 1 aromatic heterocycles. The van der Waals surface area contributed by atoms with E-state index >= 15 is 0 Å². The van der Waals surface area contributed by atoms with Crippen LogP contribution in [0, 0.1) is 27.9 Å². The zero-order chi connectivity index (χ0) is 21.9. The molecule has 0 aliphatic carbocycles. The average molecular weight is 420 g/mol. The molecule has 1 N–H and O–H groups in total. The number of carboxylic acids is 1. The Morgan fingerprint density at radius 2 is 1.80 bits per heavy atom. The van der Waals surface area contributed by atoms with E-state index in [2.05, 4.69) is 21.8 Å². The van der Waals surface area contributed by atoms with Gasteiger partial charge in [0.05, 0.1) is 16.4 Å². The number of hydrogen-bond acceptors (Lipinski definition) is 6. The lowest BCUT2D eigenvalue weighted by atomic mass is 9.97. The summed E-state index contributed by atoms with van der Waals surface area (Å²) in [6, 6.07) is 4.08. The highest BCUT2D eigenvalue weighted by Crippen LogP contribution is 2.31. The van der Waals surface area contributed by atoms with Crippen molar-refractivity contribution in [3.63, 3.8) is 0 Å². The predicted octanol–water partition coefficient (Wildman–Crippen LogP) is 3.10. The molecule has 0 unspecified atom stereocenters. The molecule has 0 saturated carbocycles. The van der Waals surface area contributed by atoms with Crippen LogP contribution in [-0.2, 0) is 11.0 Å². The summed E-state index contributed by atoms with van der Waals surface area (Å²) in [5, 5.41) is 20.7. The van der Waals surface area contributed by atoms with E-state index in [1.807, 2.05) is 0 Å². The Hall–Kier alpha value is -3.68. The summed E-state index contributed by atoms with van der Waals surface area (Å²) < 4.78 is 37.9. The Balaban J connectivity index is 1.89. The predicted molar refractivity (Wildman–Crippen MR) is 98.7 cm³/mol. The number of aliphatic carboxylic acids is 1. The lowest BCUT2D eigenvalue weighted by molar-refractivity contribution is -0.384. The van der Waals surface area contributed by atoms with Crippen LogP contribution in [0.1, 0.15) is 29.7 Å².